The highest BCUT2D eigenvalue weighted by Crippen LogP contribution is 2.11. The molecule has 1 atom stereocenters. The number of nitrogens with zero attached hydrogens (tertiary/aromatic N) is 1. The van der Waals surface area contributed by atoms with Gasteiger partial charge in [-0.05, 0) is 31.0 Å². The molecule has 0 bridgehead atoms. The van der Waals surface area contributed by atoms with Crippen molar-refractivity contribution >= 4 is 6.03 Å². The summed E-state index contributed by atoms with van der Waals surface area (Å²) >= 11 is 0. The lowest BCUT2D eigenvalue weighted by Crippen LogP contribution is -2.46. The highest BCUT2D eigenvalue weighted by molar-refractivity contribution is 5.74. The summed E-state index contributed by atoms with van der Waals surface area (Å²) in [6.45, 7) is 0.765. The summed E-state index contributed by atoms with van der Waals surface area (Å²) in [4.78, 5) is 13.3. The van der Waals surface area contributed by atoms with Crippen molar-refractivity contribution in [3.8, 4) is 0 Å². The molecule has 2 rings (SSSR count). The number of aliphatic hydroxyl groups is 1. The number of piperidine rings is 1. The van der Waals surface area contributed by atoms with E-state index in [0.29, 0.717) is 13.0 Å². The summed E-state index contributed by atoms with van der Waals surface area (Å²) in [6.07, 6.45) is 0.913. The Morgan fingerprint density at radius 2 is 2.26 bits per heavy atom. The number of hydrogen-bond acceptors (Lipinski definition) is 2. The number of amides is 2. The molecule has 2 N–H and O–H groups in total. The highest BCUT2D eigenvalue weighted by atomic mass is 19.1. The number of aliphatic hydroxyl groups excluding tert-OH is 1. The minimum absolute atomic E-state index is 0.0744. The fourth-order valence-electron chi connectivity index (χ4n) is 2.10. The Morgan fingerprint density at radius 1 is 1.47 bits per heavy atom. The number of carbonyl (C=O) groups is 1. The Morgan fingerprint density at radius 3 is 3.00 bits per heavy atom. The minimum Gasteiger partial charge on any atom is -0.391 e. The second-order valence-corrected chi connectivity index (χ2v) is 4.64. The van der Waals surface area contributed by atoms with Crippen molar-refractivity contribution in [1.82, 2.24) is 10.2 Å². The van der Waals surface area contributed by atoms with E-state index in [1.165, 1.54) is 4.90 Å². The molecule has 104 valence electrons. The largest absolute Gasteiger partial charge is 0.391 e. The minimum atomic E-state index is -0.555. The molecular weight excluding hydrogens is 254 g/mol. The standard InChI is InChI=1S/C13H16F2N2O2/c14-10-3-4-12(15)9(6-10)7-16-13(19)17-5-1-2-11(18)8-17/h3-4,6,11,18H,1-2,5,7-8H2,(H,16,19). The first-order valence-electron chi connectivity index (χ1n) is 6.21. The van der Waals surface area contributed by atoms with Crippen molar-refractivity contribution in [2.75, 3.05) is 13.1 Å². The molecule has 1 aliphatic heterocycles. The normalized spacial score (nSPS) is 19.3. The Balaban J connectivity index is 1.91. The van der Waals surface area contributed by atoms with Gasteiger partial charge in [-0.2, -0.15) is 0 Å². The summed E-state index contributed by atoms with van der Waals surface area (Å²) in [5.74, 6) is -1.10. The number of urea groups is 1. The fourth-order valence-corrected chi connectivity index (χ4v) is 2.10. The lowest BCUT2D eigenvalue weighted by Gasteiger charge is -2.30. The second-order valence-electron chi connectivity index (χ2n) is 4.64. The molecule has 0 radical (unpaired) electrons. The molecule has 1 aromatic carbocycles. The molecule has 1 aromatic rings. The number of halogens is 2. The van der Waals surface area contributed by atoms with Gasteiger partial charge in [-0.1, -0.05) is 0 Å². The maximum Gasteiger partial charge on any atom is 0.317 e. The van der Waals surface area contributed by atoms with Crippen LogP contribution < -0.4 is 5.32 Å². The zero-order valence-electron chi connectivity index (χ0n) is 10.4. The summed E-state index contributed by atoms with van der Waals surface area (Å²) in [5, 5.41) is 12.0. The predicted octanol–water partition coefficient (Wildman–Crippen LogP) is 1.63. The SMILES string of the molecule is O=C(NCc1cc(F)ccc1F)N1CCCC(O)C1. The Labute approximate surface area is 110 Å². The summed E-state index contributed by atoms with van der Waals surface area (Å²) in [7, 11) is 0. The molecule has 1 fully saturated rings. The van der Waals surface area contributed by atoms with E-state index in [-0.39, 0.29) is 24.7 Å². The van der Waals surface area contributed by atoms with Gasteiger partial charge in [0.25, 0.3) is 0 Å². The van der Waals surface area contributed by atoms with Crippen LogP contribution in [0.15, 0.2) is 18.2 Å². The van der Waals surface area contributed by atoms with Crippen LogP contribution in [0.1, 0.15) is 18.4 Å². The van der Waals surface area contributed by atoms with Gasteiger partial charge in [0.05, 0.1) is 6.10 Å². The fraction of sp³-hybridized carbons (Fsp3) is 0.462. The molecule has 0 saturated carbocycles. The van der Waals surface area contributed by atoms with Crippen molar-refractivity contribution in [1.29, 1.82) is 0 Å². The van der Waals surface area contributed by atoms with Gasteiger partial charge >= 0.3 is 6.03 Å². The maximum absolute atomic E-state index is 13.4. The Kier molecular flexibility index (Phi) is 4.31. The number of likely N-dealkylation sites (tertiary alicyclic amines) is 1. The molecule has 4 nitrogen and oxygen atoms in total. The first kappa shape index (κ1) is 13.7. The third-order valence-corrected chi connectivity index (χ3v) is 3.12. The Bertz CT molecular complexity index is 468. The van der Waals surface area contributed by atoms with Crippen LogP contribution in [-0.2, 0) is 6.54 Å². The van der Waals surface area contributed by atoms with E-state index in [1.807, 2.05) is 0 Å². The van der Waals surface area contributed by atoms with Crippen LogP contribution in [0, 0.1) is 11.6 Å². The molecule has 1 unspecified atom stereocenters. The summed E-state index contributed by atoms with van der Waals surface area (Å²) in [6, 6.07) is 2.74. The van der Waals surface area contributed by atoms with Gasteiger partial charge in [0.1, 0.15) is 11.6 Å². The van der Waals surface area contributed by atoms with Crippen LogP contribution >= 0.6 is 0 Å². The second kappa shape index (κ2) is 5.97. The number of β-amino-alcohol motifs (C(OH)–C–C–N with tert-alkyl or cyclic N) is 1. The van der Waals surface area contributed by atoms with Gasteiger partial charge in [-0.3, -0.25) is 0 Å². The first-order valence-corrected chi connectivity index (χ1v) is 6.21. The molecule has 6 heteroatoms. The molecule has 0 aliphatic carbocycles. The van der Waals surface area contributed by atoms with E-state index in [0.717, 1.165) is 24.6 Å². The third kappa shape index (κ3) is 3.64. The average molecular weight is 270 g/mol. The first-order chi connectivity index (χ1) is 9.06. The van der Waals surface area contributed by atoms with Crippen molar-refractivity contribution in [2.24, 2.45) is 0 Å². The summed E-state index contributed by atoms with van der Waals surface area (Å²) < 4.78 is 26.3. The van der Waals surface area contributed by atoms with Gasteiger partial charge in [-0.25, -0.2) is 13.6 Å². The van der Waals surface area contributed by atoms with Crippen molar-refractivity contribution in [2.45, 2.75) is 25.5 Å². The molecule has 1 aliphatic rings. The monoisotopic (exact) mass is 270 g/mol. The van der Waals surface area contributed by atoms with Gasteiger partial charge in [0.15, 0.2) is 0 Å². The molecule has 2 amide bonds. The Hall–Kier alpha value is -1.69. The van der Waals surface area contributed by atoms with Crippen LogP contribution in [0.4, 0.5) is 13.6 Å². The number of rotatable bonds is 2. The average Bonchev–Trinajstić information content (AvgIpc) is 2.39. The smallest absolute Gasteiger partial charge is 0.317 e. The van der Waals surface area contributed by atoms with Crippen LogP contribution in [0.5, 0.6) is 0 Å². The van der Waals surface area contributed by atoms with Gasteiger partial charge in [0, 0.05) is 25.2 Å². The van der Waals surface area contributed by atoms with Crippen molar-refractivity contribution in [3.05, 3.63) is 35.4 Å². The highest BCUT2D eigenvalue weighted by Gasteiger charge is 2.21. The molecule has 0 spiro atoms. The van der Waals surface area contributed by atoms with Crippen molar-refractivity contribution < 1.29 is 18.7 Å². The molecule has 0 aromatic heterocycles. The van der Waals surface area contributed by atoms with Crippen molar-refractivity contribution in [3.63, 3.8) is 0 Å². The zero-order valence-corrected chi connectivity index (χ0v) is 10.4. The lowest BCUT2D eigenvalue weighted by molar-refractivity contribution is 0.0841. The zero-order chi connectivity index (χ0) is 13.8. The maximum atomic E-state index is 13.4. The number of benzene rings is 1. The number of nitrogens with one attached hydrogen (secondary N) is 1. The van der Waals surface area contributed by atoms with Crippen LogP contribution in [0.3, 0.4) is 0 Å². The van der Waals surface area contributed by atoms with E-state index in [4.69, 9.17) is 0 Å². The van der Waals surface area contributed by atoms with E-state index < -0.39 is 17.7 Å². The summed E-state index contributed by atoms with van der Waals surface area (Å²) in [5.41, 5.74) is 0.103. The van der Waals surface area contributed by atoms with Gasteiger partial charge < -0.3 is 15.3 Å². The number of hydrogen-bond donors (Lipinski definition) is 2. The van der Waals surface area contributed by atoms with E-state index in [1.54, 1.807) is 0 Å². The van der Waals surface area contributed by atoms with Crippen LogP contribution in [0.2, 0.25) is 0 Å². The molecular formula is C13H16F2N2O2. The van der Waals surface area contributed by atoms with E-state index in [2.05, 4.69) is 5.32 Å². The molecule has 19 heavy (non-hydrogen) atoms. The van der Waals surface area contributed by atoms with E-state index >= 15 is 0 Å². The van der Waals surface area contributed by atoms with Crippen LogP contribution in [0.25, 0.3) is 0 Å². The quantitative estimate of drug-likeness (QED) is 0.858. The third-order valence-electron chi connectivity index (χ3n) is 3.12. The molecule has 1 saturated heterocycles. The van der Waals surface area contributed by atoms with Crippen LogP contribution in [-0.4, -0.2) is 35.2 Å². The molecule has 1 heterocycles. The van der Waals surface area contributed by atoms with Gasteiger partial charge in [0.2, 0.25) is 0 Å². The number of carbonyl (C=O) groups excluding carboxylic acids is 1. The van der Waals surface area contributed by atoms with Gasteiger partial charge in [-0.15, -0.1) is 0 Å². The van der Waals surface area contributed by atoms with E-state index in [9.17, 15) is 18.7 Å². The topological polar surface area (TPSA) is 52.6 Å². The predicted molar refractivity (Wildman–Crippen MR) is 65.4 cm³/mol. The lowest BCUT2D eigenvalue weighted by atomic mass is 10.1.